The van der Waals surface area contributed by atoms with Crippen LogP contribution in [-0.2, 0) is 0 Å². The fourth-order valence-electron chi connectivity index (χ4n) is 0.849. The largest absolute Gasteiger partial charge is 0.506 e. The minimum Gasteiger partial charge on any atom is -0.506 e. The average Bonchev–Trinajstić information content (AvgIpc) is 2.04. The summed E-state index contributed by atoms with van der Waals surface area (Å²) in [6.07, 6.45) is -2.15. The quantitative estimate of drug-likeness (QED) is 0.688. The Morgan fingerprint density at radius 3 is 2.69 bits per heavy atom. The third-order valence-electron chi connectivity index (χ3n) is 1.46. The summed E-state index contributed by atoms with van der Waals surface area (Å²) in [5.41, 5.74) is 3.64. The fourth-order valence-corrected chi connectivity index (χ4v) is 0.849. The predicted octanol–water partition coefficient (Wildman–Crippen LogP) is 1.18. The van der Waals surface area contributed by atoms with Crippen LogP contribution in [0.4, 0.5) is 14.5 Å². The van der Waals surface area contributed by atoms with Crippen LogP contribution in [0.5, 0.6) is 5.75 Å². The molecule has 0 radical (unpaired) electrons. The molecule has 0 amide bonds. The fraction of sp³-hybridized carbons (Fsp3) is 0.143. The number of hydrogen-bond acceptors (Lipinski definition) is 4. The Bertz CT molecular complexity index is 373. The number of aromatic nitrogens is 1. The van der Waals surface area contributed by atoms with E-state index in [0.717, 1.165) is 6.20 Å². The zero-order chi connectivity index (χ0) is 10.0. The number of pyridine rings is 1. The summed E-state index contributed by atoms with van der Waals surface area (Å²) in [6, 6.07) is 1.54. The number of nitrogens with two attached hydrogens (primary N) is 1. The number of rotatable bonds is 1. The molecule has 1 aromatic rings. The molecule has 0 unspecified atom stereocenters. The highest BCUT2D eigenvalue weighted by Crippen LogP contribution is 2.33. The molecule has 0 saturated carbocycles. The molecule has 0 fully saturated rings. The molecule has 0 aliphatic heterocycles. The summed E-state index contributed by atoms with van der Waals surface area (Å²) < 4.78 is 24.5. The lowest BCUT2D eigenvalue weighted by Gasteiger charge is -2.06. The van der Waals surface area contributed by atoms with E-state index in [1.54, 1.807) is 0 Å². The molecule has 1 aromatic heterocycles. The van der Waals surface area contributed by atoms with Crippen LogP contribution in [0.1, 0.15) is 17.7 Å². The van der Waals surface area contributed by atoms with E-state index in [0.29, 0.717) is 0 Å². The molecule has 1 rings (SSSR count). The summed E-state index contributed by atoms with van der Waals surface area (Å²) in [5.74, 6) is -0.702. The molecule has 0 aliphatic carbocycles. The van der Waals surface area contributed by atoms with E-state index in [9.17, 15) is 8.78 Å². The standard InChI is InChI=1S/C7H5F2N3O/c8-7(9)5-4(13)2-12-3(1-10)6(5)11/h2,7,13H,11H2. The second-order valence-corrected chi connectivity index (χ2v) is 2.23. The maximum atomic E-state index is 12.2. The number of hydrogen-bond donors (Lipinski definition) is 2. The van der Waals surface area contributed by atoms with Crippen LogP contribution in [0.25, 0.3) is 0 Å². The molecule has 68 valence electrons. The maximum Gasteiger partial charge on any atom is 0.269 e. The lowest BCUT2D eigenvalue weighted by atomic mass is 10.2. The summed E-state index contributed by atoms with van der Waals surface area (Å²) in [5, 5.41) is 17.3. The van der Waals surface area contributed by atoms with Gasteiger partial charge in [0.1, 0.15) is 11.8 Å². The number of aromatic hydroxyl groups is 1. The highest BCUT2D eigenvalue weighted by Gasteiger charge is 2.19. The Balaban J connectivity index is 3.41. The van der Waals surface area contributed by atoms with Gasteiger partial charge >= 0.3 is 0 Å². The van der Waals surface area contributed by atoms with Crippen molar-refractivity contribution in [2.75, 3.05) is 5.73 Å². The molecule has 3 N–H and O–H groups in total. The van der Waals surface area contributed by atoms with Gasteiger partial charge in [-0.2, -0.15) is 5.26 Å². The summed E-state index contributed by atoms with van der Waals surface area (Å²) in [4.78, 5) is 3.37. The zero-order valence-corrected chi connectivity index (χ0v) is 6.33. The minimum absolute atomic E-state index is 0.312. The van der Waals surface area contributed by atoms with Crippen molar-refractivity contribution in [3.63, 3.8) is 0 Å². The third kappa shape index (κ3) is 1.49. The van der Waals surface area contributed by atoms with Crippen molar-refractivity contribution >= 4 is 5.69 Å². The van der Waals surface area contributed by atoms with Crippen molar-refractivity contribution in [1.29, 1.82) is 5.26 Å². The van der Waals surface area contributed by atoms with Crippen molar-refractivity contribution in [2.24, 2.45) is 0 Å². The molecule has 6 heteroatoms. The van der Waals surface area contributed by atoms with Gasteiger partial charge in [-0.05, 0) is 0 Å². The van der Waals surface area contributed by atoms with E-state index in [4.69, 9.17) is 16.1 Å². The van der Waals surface area contributed by atoms with Crippen molar-refractivity contribution in [3.8, 4) is 11.8 Å². The average molecular weight is 185 g/mol. The lowest BCUT2D eigenvalue weighted by molar-refractivity contribution is 0.148. The second-order valence-electron chi connectivity index (χ2n) is 2.23. The van der Waals surface area contributed by atoms with E-state index in [1.807, 2.05) is 0 Å². The third-order valence-corrected chi connectivity index (χ3v) is 1.46. The first-order chi connectivity index (χ1) is 6.07. The van der Waals surface area contributed by atoms with Gasteiger partial charge in [0.05, 0.1) is 17.4 Å². The smallest absolute Gasteiger partial charge is 0.269 e. The Labute approximate surface area is 72.2 Å². The Hall–Kier alpha value is -1.90. The first kappa shape index (κ1) is 9.19. The van der Waals surface area contributed by atoms with Crippen molar-refractivity contribution < 1.29 is 13.9 Å². The number of halogens is 2. The van der Waals surface area contributed by atoms with Gasteiger partial charge in [-0.15, -0.1) is 0 Å². The Kier molecular flexibility index (Phi) is 2.28. The number of nitriles is 1. The summed E-state index contributed by atoms with van der Waals surface area (Å²) in [7, 11) is 0. The first-order valence-electron chi connectivity index (χ1n) is 3.23. The van der Waals surface area contributed by atoms with Crippen LogP contribution in [0.15, 0.2) is 6.20 Å². The predicted molar refractivity (Wildman–Crippen MR) is 40.0 cm³/mol. The monoisotopic (exact) mass is 185 g/mol. The topological polar surface area (TPSA) is 82.9 Å². The van der Waals surface area contributed by atoms with Gasteiger partial charge in [-0.3, -0.25) is 0 Å². The van der Waals surface area contributed by atoms with Crippen molar-refractivity contribution in [1.82, 2.24) is 4.98 Å². The SMILES string of the molecule is N#Cc1ncc(O)c(C(F)F)c1N. The molecule has 13 heavy (non-hydrogen) atoms. The second kappa shape index (κ2) is 3.23. The van der Waals surface area contributed by atoms with Crippen LogP contribution in [-0.4, -0.2) is 10.1 Å². The zero-order valence-electron chi connectivity index (χ0n) is 6.33. The Morgan fingerprint density at radius 2 is 2.23 bits per heavy atom. The minimum atomic E-state index is -2.92. The molecular weight excluding hydrogens is 180 g/mol. The number of nitrogens with zero attached hydrogens (tertiary/aromatic N) is 2. The van der Waals surface area contributed by atoms with Crippen molar-refractivity contribution in [3.05, 3.63) is 17.5 Å². The summed E-state index contributed by atoms with van der Waals surface area (Å²) >= 11 is 0. The van der Waals surface area contributed by atoms with E-state index in [-0.39, 0.29) is 5.69 Å². The lowest BCUT2D eigenvalue weighted by Crippen LogP contribution is -2.00. The van der Waals surface area contributed by atoms with Crippen LogP contribution in [0.3, 0.4) is 0 Å². The van der Waals surface area contributed by atoms with Crippen LogP contribution >= 0.6 is 0 Å². The molecule has 4 nitrogen and oxygen atoms in total. The molecule has 0 aliphatic rings. The highest BCUT2D eigenvalue weighted by atomic mass is 19.3. The van der Waals surface area contributed by atoms with E-state index in [2.05, 4.69) is 4.98 Å². The van der Waals surface area contributed by atoms with Gasteiger partial charge in [0.15, 0.2) is 5.69 Å². The number of alkyl halides is 2. The molecule has 0 atom stereocenters. The van der Waals surface area contributed by atoms with Gasteiger partial charge in [0.2, 0.25) is 0 Å². The van der Waals surface area contributed by atoms with Gasteiger partial charge in [0, 0.05) is 0 Å². The summed E-state index contributed by atoms with van der Waals surface area (Å²) in [6.45, 7) is 0. The number of nitrogen functional groups attached to an aromatic ring is 1. The highest BCUT2D eigenvalue weighted by molar-refractivity contribution is 5.60. The van der Waals surface area contributed by atoms with E-state index < -0.39 is 23.4 Å². The van der Waals surface area contributed by atoms with E-state index >= 15 is 0 Å². The van der Waals surface area contributed by atoms with E-state index in [1.165, 1.54) is 6.07 Å². The van der Waals surface area contributed by atoms with Gasteiger partial charge < -0.3 is 10.8 Å². The van der Waals surface area contributed by atoms with Gasteiger partial charge in [0.25, 0.3) is 6.43 Å². The molecule has 0 spiro atoms. The van der Waals surface area contributed by atoms with Crippen LogP contribution in [0.2, 0.25) is 0 Å². The van der Waals surface area contributed by atoms with Gasteiger partial charge in [-0.1, -0.05) is 0 Å². The van der Waals surface area contributed by atoms with Crippen LogP contribution in [0, 0.1) is 11.3 Å². The van der Waals surface area contributed by atoms with Crippen molar-refractivity contribution in [2.45, 2.75) is 6.43 Å². The van der Waals surface area contributed by atoms with Gasteiger partial charge in [-0.25, -0.2) is 13.8 Å². The molecule has 0 saturated heterocycles. The molecule has 0 bridgehead atoms. The number of anilines is 1. The maximum absolute atomic E-state index is 12.2. The first-order valence-corrected chi connectivity index (χ1v) is 3.23. The molecule has 0 aromatic carbocycles. The normalized spacial score (nSPS) is 10.0. The molecular formula is C7H5F2N3O. The Morgan fingerprint density at radius 1 is 1.62 bits per heavy atom. The molecule has 1 heterocycles. The van der Waals surface area contributed by atoms with Crippen LogP contribution < -0.4 is 5.73 Å².